The van der Waals surface area contributed by atoms with Crippen molar-refractivity contribution in [2.24, 2.45) is 0 Å². The number of aromatic nitrogens is 2. The molecule has 1 atom stereocenters. The second-order valence-electron chi connectivity index (χ2n) is 5.08. The fourth-order valence-corrected chi connectivity index (χ4v) is 3.31. The Labute approximate surface area is 122 Å². The number of anilines is 1. The average molecular weight is 290 g/mol. The highest BCUT2D eigenvalue weighted by molar-refractivity contribution is 7.16. The molecule has 0 spiro atoms. The van der Waals surface area contributed by atoms with Gasteiger partial charge in [0.15, 0.2) is 0 Å². The summed E-state index contributed by atoms with van der Waals surface area (Å²) < 4.78 is 0. The van der Waals surface area contributed by atoms with Gasteiger partial charge in [-0.3, -0.25) is 4.79 Å². The maximum Gasteiger partial charge on any atom is 0.219 e. The van der Waals surface area contributed by atoms with E-state index >= 15 is 0 Å². The van der Waals surface area contributed by atoms with Crippen LogP contribution >= 0.6 is 11.3 Å². The quantitative estimate of drug-likeness (QED) is 0.942. The van der Waals surface area contributed by atoms with Gasteiger partial charge < -0.3 is 10.2 Å². The molecule has 1 fully saturated rings. The number of hydrogen-bond donors (Lipinski definition) is 1. The molecule has 1 aliphatic rings. The number of aryl methyl sites for hydroxylation is 1. The van der Waals surface area contributed by atoms with E-state index in [2.05, 4.69) is 28.3 Å². The van der Waals surface area contributed by atoms with E-state index in [1.807, 2.05) is 10.3 Å². The van der Waals surface area contributed by atoms with Crippen molar-refractivity contribution in [3.05, 3.63) is 17.3 Å². The Bertz CT molecular complexity index is 639. The SMILES string of the molecule is CCc1nc(NC2CCN(C(C)=O)C2)c2ccsc2n1. The predicted molar refractivity (Wildman–Crippen MR) is 81.1 cm³/mol. The molecule has 0 saturated carbocycles. The molecule has 1 N–H and O–H groups in total. The third-order valence-electron chi connectivity index (χ3n) is 3.66. The van der Waals surface area contributed by atoms with Crippen molar-refractivity contribution < 1.29 is 4.79 Å². The van der Waals surface area contributed by atoms with Gasteiger partial charge in [0.05, 0.1) is 5.39 Å². The summed E-state index contributed by atoms with van der Waals surface area (Å²) in [5.41, 5.74) is 0. The van der Waals surface area contributed by atoms with Crippen LogP contribution in [0, 0.1) is 0 Å². The molecule has 6 heteroatoms. The van der Waals surface area contributed by atoms with Crippen LogP contribution in [-0.2, 0) is 11.2 Å². The Morgan fingerprint density at radius 1 is 1.55 bits per heavy atom. The van der Waals surface area contributed by atoms with Crippen LogP contribution in [0.2, 0.25) is 0 Å². The monoisotopic (exact) mass is 290 g/mol. The number of rotatable bonds is 3. The first-order chi connectivity index (χ1) is 9.67. The second kappa shape index (κ2) is 5.36. The Morgan fingerprint density at radius 2 is 2.40 bits per heavy atom. The summed E-state index contributed by atoms with van der Waals surface area (Å²) in [7, 11) is 0. The van der Waals surface area contributed by atoms with Gasteiger partial charge in [0.2, 0.25) is 5.91 Å². The highest BCUT2D eigenvalue weighted by atomic mass is 32.1. The topological polar surface area (TPSA) is 58.1 Å². The van der Waals surface area contributed by atoms with Gasteiger partial charge >= 0.3 is 0 Å². The maximum absolute atomic E-state index is 11.4. The van der Waals surface area contributed by atoms with Gasteiger partial charge in [0.1, 0.15) is 16.5 Å². The van der Waals surface area contributed by atoms with Gasteiger partial charge in [-0.05, 0) is 17.9 Å². The number of carbonyl (C=O) groups is 1. The smallest absolute Gasteiger partial charge is 0.219 e. The summed E-state index contributed by atoms with van der Waals surface area (Å²) in [5.74, 6) is 1.92. The fraction of sp³-hybridized carbons (Fsp3) is 0.500. The normalized spacial score (nSPS) is 18.7. The van der Waals surface area contributed by atoms with E-state index in [-0.39, 0.29) is 11.9 Å². The first kappa shape index (κ1) is 13.3. The lowest BCUT2D eigenvalue weighted by Crippen LogP contribution is -2.29. The molecule has 0 bridgehead atoms. The minimum Gasteiger partial charge on any atom is -0.365 e. The Kier molecular flexibility index (Phi) is 3.56. The molecule has 5 nitrogen and oxygen atoms in total. The van der Waals surface area contributed by atoms with Crippen LogP contribution in [0.15, 0.2) is 11.4 Å². The zero-order valence-electron chi connectivity index (χ0n) is 11.7. The maximum atomic E-state index is 11.4. The summed E-state index contributed by atoms with van der Waals surface area (Å²) in [6, 6.07) is 2.33. The third kappa shape index (κ3) is 2.47. The van der Waals surface area contributed by atoms with Crippen LogP contribution in [0.1, 0.15) is 26.1 Å². The molecular formula is C14H18N4OS. The number of fused-ring (bicyclic) bond motifs is 1. The molecule has 0 aromatic carbocycles. The summed E-state index contributed by atoms with van der Waals surface area (Å²) >= 11 is 1.64. The molecular weight excluding hydrogens is 272 g/mol. The zero-order valence-corrected chi connectivity index (χ0v) is 12.5. The molecule has 1 saturated heterocycles. The Morgan fingerprint density at radius 3 is 3.10 bits per heavy atom. The van der Waals surface area contributed by atoms with Gasteiger partial charge in [-0.1, -0.05) is 6.92 Å². The van der Waals surface area contributed by atoms with Crippen molar-refractivity contribution in [3.8, 4) is 0 Å². The lowest BCUT2D eigenvalue weighted by molar-refractivity contribution is -0.127. The summed E-state index contributed by atoms with van der Waals surface area (Å²) in [6.45, 7) is 5.27. The van der Waals surface area contributed by atoms with Gasteiger partial charge in [-0.2, -0.15) is 0 Å². The van der Waals surface area contributed by atoms with Crippen LogP contribution in [0.4, 0.5) is 5.82 Å². The van der Waals surface area contributed by atoms with E-state index < -0.39 is 0 Å². The molecule has 3 heterocycles. The number of nitrogens with one attached hydrogen (secondary N) is 1. The van der Waals surface area contributed by atoms with Crippen molar-refractivity contribution in [2.75, 3.05) is 18.4 Å². The van der Waals surface area contributed by atoms with Crippen molar-refractivity contribution >= 4 is 33.3 Å². The molecule has 106 valence electrons. The minimum atomic E-state index is 0.145. The van der Waals surface area contributed by atoms with Crippen LogP contribution in [0.25, 0.3) is 10.2 Å². The van der Waals surface area contributed by atoms with Gasteiger partial charge in [-0.15, -0.1) is 11.3 Å². The van der Waals surface area contributed by atoms with Crippen molar-refractivity contribution in [1.82, 2.24) is 14.9 Å². The molecule has 1 unspecified atom stereocenters. The zero-order chi connectivity index (χ0) is 14.1. The lowest BCUT2D eigenvalue weighted by Gasteiger charge is -2.16. The van der Waals surface area contributed by atoms with Gasteiger partial charge in [-0.25, -0.2) is 9.97 Å². The highest BCUT2D eigenvalue weighted by Gasteiger charge is 2.25. The third-order valence-corrected chi connectivity index (χ3v) is 4.47. The van der Waals surface area contributed by atoms with Gasteiger partial charge in [0.25, 0.3) is 0 Å². The van der Waals surface area contributed by atoms with Crippen molar-refractivity contribution in [1.29, 1.82) is 0 Å². The number of likely N-dealkylation sites (tertiary alicyclic amines) is 1. The van der Waals surface area contributed by atoms with E-state index in [4.69, 9.17) is 0 Å². The van der Waals surface area contributed by atoms with Crippen LogP contribution in [0.3, 0.4) is 0 Å². The molecule has 20 heavy (non-hydrogen) atoms. The molecule has 0 aliphatic carbocycles. The first-order valence-electron chi connectivity index (χ1n) is 6.93. The van der Waals surface area contributed by atoms with E-state index in [1.54, 1.807) is 18.3 Å². The summed E-state index contributed by atoms with van der Waals surface area (Å²) in [4.78, 5) is 23.4. The van der Waals surface area contributed by atoms with E-state index in [1.165, 1.54) is 0 Å². The van der Waals surface area contributed by atoms with Crippen molar-refractivity contribution in [2.45, 2.75) is 32.7 Å². The molecule has 1 aliphatic heterocycles. The predicted octanol–water partition coefficient (Wildman–Crippen LogP) is 2.29. The van der Waals surface area contributed by atoms with Crippen molar-refractivity contribution in [3.63, 3.8) is 0 Å². The largest absolute Gasteiger partial charge is 0.365 e. The number of amides is 1. The van der Waals surface area contributed by atoms with E-state index in [0.29, 0.717) is 0 Å². The summed E-state index contributed by atoms with van der Waals surface area (Å²) in [5, 5.41) is 6.61. The van der Waals surface area contributed by atoms with E-state index in [9.17, 15) is 4.79 Å². The molecule has 2 aromatic heterocycles. The number of carbonyl (C=O) groups excluding carboxylic acids is 1. The molecule has 3 rings (SSSR count). The van der Waals surface area contributed by atoms with Gasteiger partial charge in [0, 0.05) is 32.5 Å². The number of nitrogens with zero attached hydrogens (tertiary/aromatic N) is 3. The van der Waals surface area contributed by atoms with E-state index in [0.717, 1.165) is 47.8 Å². The van der Waals surface area contributed by atoms with Crippen LogP contribution in [-0.4, -0.2) is 39.9 Å². The lowest BCUT2D eigenvalue weighted by atomic mass is 10.2. The van der Waals surface area contributed by atoms with Crippen LogP contribution in [0.5, 0.6) is 0 Å². The molecule has 1 amide bonds. The number of thiophene rings is 1. The van der Waals surface area contributed by atoms with Crippen LogP contribution < -0.4 is 5.32 Å². The molecule has 2 aromatic rings. The summed E-state index contributed by atoms with van der Waals surface area (Å²) in [6.07, 6.45) is 1.80. The Hall–Kier alpha value is -1.69. The first-order valence-corrected chi connectivity index (χ1v) is 7.81. The molecule has 0 radical (unpaired) electrons. The minimum absolute atomic E-state index is 0.145. The second-order valence-corrected chi connectivity index (χ2v) is 5.97. The Balaban J connectivity index is 1.84. The fourth-order valence-electron chi connectivity index (χ4n) is 2.53. The highest BCUT2D eigenvalue weighted by Crippen LogP contribution is 2.26. The number of hydrogen-bond acceptors (Lipinski definition) is 5. The standard InChI is InChI=1S/C14H18N4OS/c1-3-12-16-13(11-5-7-20-14(11)17-12)15-10-4-6-18(8-10)9(2)19/h5,7,10H,3-4,6,8H2,1-2H3,(H,15,16,17). The average Bonchev–Trinajstić information content (AvgIpc) is 3.06.